The average Bonchev–Trinajstić information content (AvgIpc) is 3.59. The lowest BCUT2D eigenvalue weighted by Gasteiger charge is -2.19. The fraction of sp³-hybridized carbons (Fsp3) is 0. The van der Waals surface area contributed by atoms with Gasteiger partial charge in [-0.2, -0.15) is 0 Å². The molecule has 1 aromatic heterocycles. The van der Waals surface area contributed by atoms with Crippen molar-refractivity contribution in [1.82, 2.24) is 0 Å². The van der Waals surface area contributed by atoms with Gasteiger partial charge in [0.25, 0.3) is 0 Å². The molecule has 0 aliphatic heterocycles. The highest BCUT2D eigenvalue weighted by molar-refractivity contribution is 6.22. The molecular weight excluding hydrogens is 617 g/mol. The van der Waals surface area contributed by atoms with E-state index in [1.165, 1.54) is 66.1 Å². The molecule has 0 bridgehead atoms. The number of fused-ring (bicyclic) bond motifs is 5. The normalized spacial score (nSPS) is 11.5. The Bertz CT molecular complexity index is 2900. The van der Waals surface area contributed by atoms with Crippen LogP contribution in [0.3, 0.4) is 0 Å². The van der Waals surface area contributed by atoms with Gasteiger partial charge >= 0.3 is 0 Å². The van der Waals surface area contributed by atoms with Gasteiger partial charge in [0.1, 0.15) is 11.2 Å². The SMILES string of the molecule is c1ccc(-c2cccc(-c3c4ccccc4c(-c4ccccc4)c4cc(-c5cccc(-c6cccc7c6oc6ccccc67)c5)ccc34)c2)cc1. The molecule has 1 nitrogen and oxygen atoms in total. The first kappa shape index (κ1) is 29.2. The molecule has 10 rings (SSSR count). The standard InChI is InChI=1S/C50H32O/c1-3-14-33(15-4-1)35-18-12-21-39(31-35)49-43-24-8-7-23-42(43)48(34-16-5-2-6-17-34)46-32-37(28-29-44(46)49)36-19-11-20-38(30-36)40-25-13-26-45-41-22-9-10-27-47(41)51-50(40)45/h1-32H. The Morgan fingerprint density at radius 3 is 1.51 bits per heavy atom. The first-order chi connectivity index (χ1) is 25.3. The highest BCUT2D eigenvalue weighted by Crippen LogP contribution is 2.46. The molecule has 0 aliphatic carbocycles. The monoisotopic (exact) mass is 648 g/mol. The van der Waals surface area contributed by atoms with Crippen LogP contribution in [0.15, 0.2) is 199 Å². The summed E-state index contributed by atoms with van der Waals surface area (Å²) in [7, 11) is 0. The van der Waals surface area contributed by atoms with Crippen molar-refractivity contribution in [3.63, 3.8) is 0 Å². The zero-order valence-corrected chi connectivity index (χ0v) is 27.9. The summed E-state index contributed by atoms with van der Waals surface area (Å²) < 4.78 is 6.44. The van der Waals surface area contributed by atoms with Gasteiger partial charge < -0.3 is 4.42 Å². The van der Waals surface area contributed by atoms with Crippen LogP contribution in [0.5, 0.6) is 0 Å². The van der Waals surface area contributed by atoms with E-state index < -0.39 is 0 Å². The molecule has 0 amide bonds. The van der Waals surface area contributed by atoms with E-state index >= 15 is 0 Å². The third-order valence-corrected chi connectivity index (χ3v) is 10.3. The number of para-hydroxylation sites is 2. The number of benzene rings is 9. The number of hydrogen-bond donors (Lipinski definition) is 0. The summed E-state index contributed by atoms with van der Waals surface area (Å²) in [5, 5.41) is 7.27. The number of hydrogen-bond acceptors (Lipinski definition) is 1. The summed E-state index contributed by atoms with van der Waals surface area (Å²) in [4.78, 5) is 0. The van der Waals surface area contributed by atoms with Crippen LogP contribution >= 0.6 is 0 Å². The first-order valence-corrected chi connectivity index (χ1v) is 17.5. The van der Waals surface area contributed by atoms with Crippen molar-refractivity contribution in [2.45, 2.75) is 0 Å². The highest BCUT2D eigenvalue weighted by atomic mass is 16.3. The van der Waals surface area contributed by atoms with Crippen LogP contribution in [0.2, 0.25) is 0 Å². The van der Waals surface area contributed by atoms with E-state index in [9.17, 15) is 0 Å². The zero-order chi connectivity index (χ0) is 33.7. The molecular formula is C50H32O. The minimum atomic E-state index is 0.913. The van der Waals surface area contributed by atoms with Crippen molar-refractivity contribution < 1.29 is 4.42 Å². The molecule has 0 unspecified atom stereocenters. The predicted molar refractivity (Wildman–Crippen MR) is 216 cm³/mol. The van der Waals surface area contributed by atoms with E-state index in [4.69, 9.17) is 4.42 Å². The lowest BCUT2D eigenvalue weighted by atomic mass is 9.84. The van der Waals surface area contributed by atoms with Gasteiger partial charge in [-0.1, -0.05) is 170 Å². The Hall–Kier alpha value is -6.70. The van der Waals surface area contributed by atoms with E-state index in [1.54, 1.807) is 0 Å². The van der Waals surface area contributed by atoms with Gasteiger partial charge in [-0.3, -0.25) is 0 Å². The fourth-order valence-electron chi connectivity index (χ4n) is 7.91. The summed E-state index contributed by atoms with van der Waals surface area (Å²) in [6.45, 7) is 0. The van der Waals surface area contributed by atoms with Crippen LogP contribution in [0.4, 0.5) is 0 Å². The zero-order valence-electron chi connectivity index (χ0n) is 27.9. The van der Waals surface area contributed by atoms with Crippen LogP contribution in [0, 0.1) is 0 Å². The predicted octanol–water partition coefficient (Wildman–Crippen LogP) is 14.2. The maximum absolute atomic E-state index is 6.44. The summed E-state index contributed by atoms with van der Waals surface area (Å²) in [5.74, 6) is 0. The summed E-state index contributed by atoms with van der Waals surface area (Å²) in [6, 6.07) is 70.0. The maximum Gasteiger partial charge on any atom is 0.143 e. The molecule has 0 spiro atoms. The van der Waals surface area contributed by atoms with Crippen LogP contribution in [0.25, 0.3) is 99.1 Å². The van der Waals surface area contributed by atoms with E-state index in [0.717, 1.165) is 33.1 Å². The smallest absolute Gasteiger partial charge is 0.143 e. The van der Waals surface area contributed by atoms with Gasteiger partial charge in [-0.05, 0) is 95.9 Å². The third-order valence-electron chi connectivity index (χ3n) is 10.3. The molecule has 9 aromatic carbocycles. The minimum Gasteiger partial charge on any atom is -0.455 e. The quantitative estimate of drug-likeness (QED) is 0.169. The minimum absolute atomic E-state index is 0.913. The van der Waals surface area contributed by atoms with Crippen molar-refractivity contribution in [1.29, 1.82) is 0 Å². The Kier molecular flexibility index (Phi) is 6.89. The molecule has 0 saturated carbocycles. The molecule has 1 heteroatoms. The molecule has 238 valence electrons. The molecule has 1 heterocycles. The van der Waals surface area contributed by atoms with Crippen LogP contribution in [-0.4, -0.2) is 0 Å². The van der Waals surface area contributed by atoms with Crippen molar-refractivity contribution in [3.05, 3.63) is 194 Å². The van der Waals surface area contributed by atoms with E-state index in [1.807, 2.05) is 12.1 Å². The Morgan fingerprint density at radius 2 is 0.745 bits per heavy atom. The molecule has 0 radical (unpaired) electrons. The van der Waals surface area contributed by atoms with Gasteiger partial charge in [-0.25, -0.2) is 0 Å². The van der Waals surface area contributed by atoms with Gasteiger partial charge in [0, 0.05) is 16.3 Å². The number of rotatable bonds is 5. The van der Waals surface area contributed by atoms with E-state index in [2.05, 4.69) is 182 Å². The van der Waals surface area contributed by atoms with Gasteiger partial charge in [-0.15, -0.1) is 0 Å². The molecule has 0 fully saturated rings. The summed E-state index contributed by atoms with van der Waals surface area (Å²) >= 11 is 0. The highest BCUT2D eigenvalue weighted by Gasteiger charge is 2.18. The number of furan rings is 1. The Balaban J connectivity index is 1.21. The van der Waals surface area contributed by atoms with Gasteiger partial charge in [0.05, 0.1) is 0 Å². The lowest BCUT2D eigenvalue weighted by Crippen LogP contribution is -1.92. The third kappa shape index (κ3) is 4.94. The molecule has 10 aromatic rings. The van der Waals surface area contributed by atoms with E-state index in [-0.39, 0.29) is 0 Å². The Morgan fingerprint density at radius 1 is 0.255 bits per heavy atom. The van der Waals surface area contributed by atoms with E-state index in [0.29, 0.717) is 0 Å². The second-order valence-corrected chi connectivity index (χ2v) is 13.2. The summed E-state index contributed by atoms with van der Waals surface area (Å²) in [5.41, 5.74) is 13.8. The fourth-order valence-corrected chi connectivity index (χ4v) is 7.91. The molecule has 0 aliphatic rings. The van der Waals surface area contributed by atoms with Crippen LogP contribution in [-0.2, 0) is 0 Å². The van der Waals surface area contributed by atoms with Crippen molar-refractivity contribution in [2.24, 2.45) is 0 Å². The van der Waals surface area contributed by atoms with Crippen LogP contribution < -0.4 is 0 Å². The summed E-state index contributed by atoms with van der Waals surface area (Å²) in [6.07, 6.45) is 0. The van der Waals surface area contributed by atoms with Gasteiger partial charge in [0.2, 0.25) is 0 Å². The molecule has 0 saturated heterocycles. The van der Waals surface area contributed by atoms with Crippen LogP contribution in [0.1, 0.15) is 0 Å². The second kappa shape index (κ2) is 12.0. The van der Waals surface area contributed by atoms with Gasteiger partial charge in [0.15, 0.2) is 0 Å². The first-order valence-electron chi connectivity index (χ1n) is 17.5. The molecule has 0 atom stereocenters. The Labute approximate surface area is 296 Å². The lowest BCUT2D eigenvalue weighted by molar-refractivity contribution is 0.670. The molecule has 51 heavy (non-hydrogen) atoms. The van der Waals surface area contributed by atoms with Crippen molar-refractivity contribution in [3.8, 4) is 55.6 Å². The molecule has 0 N–H and O–H groups in total. The topological polar surface area (TPSA) is 13.1 Å². The maximum atomic E-state index is 6.44. The van der Waals surface area contributed by atoms with Crippen molar-refractivity contribution in [2.75, 3.05) is 0 Å². The second-order valence-electron chi connectivity index (χ2n) is 13.2. The average molecular weight is 649 g/mol. The van der Waals surface area contributed by atoms with Crippen molar-refractivity contribution >= 4 is 43.5 Å². The largest absolute Gasteiger partial charge is 0.455 e.